The Bertz CT molecular complexity index is 926. The largest absolute Gasteiger partial charge is 0.495 e. The lowest BCUT2D eigenvalue weighted by molar-refractivity contribution is -0.113. The molecular weight excluding hydrogens is 402 g/mol. The molecule has 0 aliphatic heterocycles. The van der Waals surface area contributed by atoms with Gasteiger partial charge in [-0.15, -0.1) is 0 Å². The number of ether oxygens (including phenoxy) is 1. The number of aromatic nitrogens is 2. The van der Waals surface area contributed by atoms with Crippen LogP contribution in [0.2, 0.25) is 5.02 Å². The van der Waals surface area contributed by atoms with Crippen LogP contribution < -0.4 is 10.1 Å². The Labute approximate surface area is 170 Å². The van der Waals surface area contributed by atoms with Gasteiger partial charge in [-0.05, 0) is 30.3 Å². The van der Waals surface area contributed by atoms with Crippen LogP contribution in [-0.4, -0.2) is 28.7 Å². The zero-order chi connectivity index (χ0) is 19.1. The van der Waals surface area contributed by atoms with Crippen LogP contribution in [0.4, 0.5) is 5.69 Å². The van der Waals surface area contributed by atoms with Crippen LogP contribution in [0.1, 0.15) is 0 Å². The average molecular weight is 418 g/mol. The lowest BCUT2D eigenvalue weighted by Gasteiger charge is -2.09. The van der Waals surface area contributed by atoms with E-state index in [1.54, 1.807) is 37.7 Å². The van der Waals surface area contributed by atoms with Crippen molar-refractivity contribution in [3.63, 3.8) is 0 Å². The van der Waals surface area contributed by atoms with E-state index in [1.807, 2.05) is 30.3 Å². The number of nitrogens with one attached hydrogen (secondary N) is 1. The highest BCUT2D eigenvalue weighted by Gasteiger charge is 2.11. The molecule has 0 saturated heterocycles. The van der Waals surface area contributed by atoms with Crippen molar-refractivity contribution in [2.75, 3.05) is 18.2 Å². The van der Waals surface area contributed by atoms with E-state index < -0.39 is 0 Å². The Kier molecular flexibility index (Phi) is 6.98. The van der Waals surface area contributed by atoms with Crippen LogP contribution >= 0.6 is 35.1 Å². The summed E-state index contributed by atoms with van der Waals surface area (Å²) in [5, 5.41) is 4.75. The maximum absolute atomic E-state index is 12.3. The number of amides is 1. The third kappa shape index (κ3) is 5.63. The first-order valence-electron chi connectivity index (χ1n) is 7.96. The van der Waals surface area contributed by atoms with Crippen LogP contribution in [0, 0.1) is 0 Å². The van der Waals surface area contributed by atoms with Gasteiger partial charge >= 0.3 is 0 Å². The summed E-state index contributed by atoms with van der Waals surface area (Å²) in [6.07, 6.45) is 3.27. The molecule has 1 N–H and O–H groups in total. The maximum atomic E-state index is 12.3. The fourth-order valence-corrected chi connectivity index (χ4v) is 4.14. The van der Waals surface area contributed by atoms with Gasteiger partial charge in [0.2, 0.25) is 5.91 Å². The minimum atomic E-state index is -0.150. The first-order valence-corrected chi connectivity index (χ1v) is 10.1. The van der Waals surface area contributed by atoms with Gasteiger partial charge < -0.3 is 10.1 Å². The molecule has 3 aromatic rings. The molecule has 0 aliphatic carbocycles. The molecule has 0 atom stereocenters. The van der Waals surface area contributed by atoms with Crippen molar-refractivity contribution in [1.82, 2.24) is 9.97 Å². The zero-order valence-corrected chi connectivity index (χ0v) is 16.8. The summed E-state index contributed by atoms with van der Waals surface area (Å²) in [5.41, 5.74) is 0.615. The van der Waals surface area contributed by atoms with Gasteiger partial charge in [0.1, 0.15) is 15.8 Å². The minimum Gasteiger partial charge on any atom is -0.495 e. The quantitative estimate of drug-likeness (QED) is 0.544. The molecule has 1 aromatic heterocycles. The molecule has 3 rings (SSSR count). The highest BCUT2D eigenvalue weighted by Crippen LogP contribution is 2.32. The van der Waals surface area contributed by atoms with E-state index in [0.717, 1.165) is 9.92 Å². The zero-order valence-electron chi connectivity index (χ0n) is 14.4. The summed E-state index contributed by atoms with van der Waals surface area (Å²) in [5.74, 6) is 0.624. The number of carbonyl (C=O) groups is 1. The monoisotopic (exact) mass is 417 g/mol. The predicted octanol–water partition coefficient (Wildman–Crippen LogP) is 5.02. The Morgan fingerprint density at radius 1 is 1.11 bits per heavy atom. The number of carbonyl (C=O) groups excluding carboxylic acids is 1. The number of rotatable bonds is 7. The molecule has 138 valence electrons. The summed E-state index contributed by atoms with van der Waals surface area (Å²) in [7, 11) is 1.54. The second-order valence-electron chi connectivity index (χ2n) is 5.27. The van der Waals surface area contributed by atoms with Crippen LogP contribution in [0.3, 0.4) is 0 Å². The predicted molar refractivity (Wildman–Crippen MR) is 110 cm³/mol. The Hall–Kier alpha value is -2.22. The molecule has 8 heteroatoms. The van der Waals surface area contributed by atoms with Gasteiger partial charge in [0, 0.05) is 23.0 Å². The van der Waals surface area contributed by atoms with Gasteiger partial charge in [-0.1, -0.05) is 53.3 Å². The first kappa shape index (κ1) is 19.5. The van der Waals surface area contributed by atoms with Crippen LogP contribution in [0.15, 0.2) is 75.9 Å². The van der Waals surface area contributed by atoms with E-state index >= 15 is 0 Å². The number of thioether (sulfide) groups is 1. The van der Waals surface area contributed by atoms with E-state index in [4.69, 9.17) is 16.3 Å². The molecule has 0 aliphatic rings. The van der Waals surface area contributed by atoms with E-state index in [-0.39, 0.29) is 11.7 Å². The summed E-state index contributed by atoms with van der Waals surface area (Å²) < 4.78 is 5.11. The number of benzene rings is 2. The summed E-state index contributed by atoms with van der Waals surface area (Å²) in [4.78, 5) is 22.1. The molecule has 0 radical (unpaired) electrons. The van der Waals surface area contributed by atoms with Crippen molar-refractivity contribution < 1.29 is 9.53 Å². The Balaban J connectivity index is 1.61. The summed E-state index contributed by atoms with van der Waals surface area (Å²) in [6, 6.07) is 15.0. The van der Waals surface area contributed by atoms with Gasteiger partial charge in [0.15, 0.2) is 0 Å². The molecule has 1 amide bonds. The van der Waals surface area contributed by atoms with Crippen LogP contribution in [-0.2, 0) is 4.79 Å². The average Bonchev–Trinajstić information content (AvgIpc) is 2.68. The number of hydrogen-bond acceptors (Lipinski definition) is 6. The highest BCUT2D eigenvalue weighted by atomic mass is 35.5. The fourth-order valence-electron chi connectivity index (χ4n) is 2.16. The van der Waals surface area contributed by atoms with Crippen molar-refractivity contribution in [3.05, 3.63) is 65.9 Å². The SMILES string of the molecule is COc1ccc(NC(=O)CSc2nccnc2Sc2ccccc2)cc1Cl. The Morgan fingerprint density at radius 3 is 2.56 bits per heavy atom. The molecule has 0 unspecified atom stereocenters. The smallest absolute Gasteiger partial charge is 0.234 e. The molecule has 0 fully saturated rings. The summed E-state index contributed by atoms with van der Waals surface area (Å²) in [6.45, 7) is 0. The standard InChI is InChI=1S/C19H16ClN3O2S2/c1-25-16-8-7-13(11-15(16)20)23-17(24)12-26-18-19(22-10-9-21-18)27-14-5-3-2-4-6-14/h2-11H,12H2,1H3,(H,23,24). The Morgan fingerprint density at radius 2 is 1.85 bits per heavy atom. The van der Waals surface area contributed by atoms with Gasteiger partial charge in [0.25, 0.3) is 0 Å². The first-order chi connectivity index (χ1) is 13.2. The molecule has 5 nitrogen and oxygen atoms in total. The lowest BCUT2D eigenvalue weighted by atomic mass is 10.3. The highest BCUT2D eigenvalue weighted by molar-refractivity contribution is 8.02. The van der Waals surface area contributed by atoms with Gasteiger partial charge in [-0.2, -0.15) is 0 Å². The van der Waals surface area contributed by atoms with Gasteiger partial charge in [-0.25, -0.2) is 9.97 Å². The van der Waals surface area contributed by atoms with E-state index in [9.17, 15) is 4.79 Å². The van der Waals surface area contributed by atoms with Crippen molar-refractivity contribution in [3.8, 4) is 5.75 Å². The number of anilines is 1. The second kappa shape index (κ2) is 9.64. The van der Waals surface area contributed by atoms with E-state index in [0.29, 0.717) is 21.5 Å². The fraction of sp³-hybridized carbons (Fsp3) is 0.105. The molecule has 0 bridgehead atoms. The van der Waals surface area contributed by atoms with Crippen molar-refractivity contribution in [2.45, 2.75) is 14.9 Å². The summed E-state index contributed by atoms with van der Waals surface area (Å²) >= 11 is 8.94. The number of halogens is 1. The topological polar surface area (TPSA) is 64.1 Å². The van der Waals surface area contributed by atoms with Crippen molar-refractivity contribution >= 4 is 46.7 Å². The third-order valence-electron chi connectivity index (χ3n) is 3.37. The third-order valence-corrected chi connectivity index (χ3v) is 5.77. The van der Waals surface area contributed by atoms with E-state index in [2.05, 4.69) is 15.3 Å². The van der Waals surface area contributed by atoms with Gasteiger partial charge in [-0.3, -0.25) is 4.79 Å². The number of nitrogens with zero attached hydrogens (tertiary/aromatic N) is 2. The van der Waals surface area contributed by atoms with Crippen LogP contribution in [0.25, 0.3) is 0 Å². The maximum Gasteiger partial charge on any atom is 0.234 e. The number of hydrogen-bond donors (Lipinski definition) is 1. The van der Waals surface area contributed by atoms with Gasteiger partial charge in [0.05, 0.1) is 17.9 Å². The molecule has 2 aromatic carbocycles. The van der Waals surface area contributed by atoms with E-state index in [1.165, 1.54) is 23.5 Å². The molecule has 27 heavy (non-hydrogen) atoms. The molecular formula is C19H16ClN3O2S2. The minimum absolute atomic E-state index is 0.150. The van der Waals surface area contributed by atoms with Crippen molar-refractivity contribution in [1.29, 1.82) is 0 Å². The lowest BCUT2D eigenvalue weighted by Crippen LogP contribution is -2.14. The molecule has 1 heterocycles. The second-order valence-corrected chi connectivity index (χ2v) is 7.70. The normalized spacial score (nSPS) is 10.4. The van der Waals surface area contributed by atoms with Crippen LogP contribution in [0.5, 0.6) is 5.75 Å². The number of methoxy groups -OCH3 is 1. The molecule has 0 spiro atoms. The molecule has 0 saturated carbocycles. The van der Waals surface area contributed by atoms with Crippen molar-refractivity contribution in [2.24, 2.45) is 0 Å².